The van der Waals surface area contributed by atoms with E-state index >= 15 is 0 Å². The summed E-state index contributed by atoms with van der Waals surface area (Å²) >= 11 is 0. The van der Waals surface area contributed by atoms with Crippen LogP contribution >= 0.6 is 0 Å². The molecule has 0 bridgehead atoms. The molecule has 1 rings (SSSR count). The maximum Gasteiger partial charge on any atom is 0.251 e. The minimum absolute atomic E-state index is 0.160. The second-order valence-electron chi connectivity index (χ2n) is 4.56. The van der Waals surface area contributed by atoms with Crippen LogP contribution in [0.15, 0.2) is 29.2 Å². The van der Waals surface area contributed by atoms with E-state index in [9.17, 15) is 13.2 Å². The Kier molecular flexibility index (Phi) is 5.50. The number of hydrogen-bond acceptors (Lipinski definition) is 3. The zero-order chi connectivity index (χ0) is 14.5. The number of hydrogen-bond donors (Lipinski definition) is 2. The first-order valence-corrected chi connectivity index (χ1v) is 7.75. The summed E-state index contributed by atoms with van der Waals surface area (Å²) in [5, 5.41) is 2.74. The van der Waals surface area contributed by atoms with Gasteiger partial charge in [-0.25, -0.2) is 13.1 Å². The molecule has 6 heteroatoms. The van der Waals surface area contributed by atoms with Crippen LogP contribution in [0.4, 0.5) is 0 Å². The molecule has 0 saturated carbocycles. The molecule has 0 aliphatic heterocycles. The van der Waals surface area contributed by atoms with Gasteiger partial charge < -0.3 is 5.32 Å². The van der Waals surface area contributed by atoms with Crippen LogP contribution in [0, 0.1) is 0 Å². The van der Waals surface area contributed by atoms with Crippen LogP contribution in [0.3, 0.4) is 0 Å². The Labute approximate surface area is 114 Å². The van der Waals surface area contributed by atoms with Gasteiger partial charge in [0.15, 0.2) is 0 Å². The molecule has 0 atom stereocenters. The summed E-state index contributed by atoms with van der Waals surface area (Å²) in [6, 6.07) is 5.73. The summed E-state index contributed by atoms with van der Waals surface area (Å²) in [5.41, 5.74) is 0.456. The molecule has 0 aromatic heterocycles. The molecule has 0 unspecified atom stereocenters. The van der Waals surface area contributed by atoms with Gasteiger partial charge >= 0.3 is 0 Å². The van der Waals surface area contributed by atoms with Crippen LogP contribution in [-0.2, 0) is 10.0 Å². The first kappa shape index (κ1) is 15.7. The Balaban J connectivity index is 2.85. The molecule has 1 aromatic carbocycles. The highest BCUT2D eigenvalue weighted by Gasteiger charge is 2.15. The number of carbonyl (C=O) groups is 1. The molecule has 19 heavy (non-hydrogen) atoms. The molecule has 2 N–H and O–H groups in total. The molecule has 0 saturated heterocycles. The van der Waals surface area contributed by atoms with Crippen LogP contribution in [0.2, 0.25) is 0 Å². The standard InChI is InChI=1S/C13H20N2O3S/c1-4-9-14-13(16)11-5-7-12(8-6-11)19(17,18)15-10(2)3/h5-8,10,15H,4,9H2,1-3H3,(H,14,16). The van der Waals surface area contributed by atoms with Gasteiger partial charge in [-0.05, 0) is 44.5 Å². The predicted octanol–water partition coefficient (Wildman–Crippen LogP) is 1.51. The zero-order valence-electron chi connectivity index (χ0n) is 11.4. The van der Waals surface area contributed by atoms with E-state index in [0.717, 1.165) is 6.42 Å². The summed E-state index contributed by atoms with van der Waals surface area (Å²) in [7, 11) is -3.50. The largest absolute Gasteiger partial charge is 0.352 e. The Morgan fingerprint density at radius 1 is 1.21 bits per heavy atom. The summed E-state index contributed by atoms with van der Waals surface area (Å²) in [5.74, 6) is -0.192. The lowest BCUT2D eigenvalue weighted by Gasteiger charge is -2.10. The third-order valence-electron chi connectivity index (χ3n) is 2.35. The summed E-state index contributed by atoms with van der Waals surface area (Å²) in [4.78, 5) is 11.8. The number of rotatable bonds is 6. The molecular formula is C13H20N2O3S. The van der Waals surface area contributed by atoms with Crippen LogP contribution in [0.25, 0.3) is 0 Å². The Hall–Kier alpha value is -1.40. The van der Waals surface area contributed by atoms with E-state index in [-0.39, 0.29) is 16.8 Å². The van der Waals surface area contributed by atoms with Gasteiger partial charge in [0.1, 0.15) is 0 Å². The second kappa shape index (κ2) is 6.68. The first-order valence-electron chi connectivity index (χ1n) is 6.27. The fourth-order valence-electron chi connectivity index (χ4n) is 1.50. The molecule has 0 aliphatic rings. The van der Waals surface area contributed by atoms with Gasteiger partial charge in [0.25, 0.3) is 5.91 Å². The molecule has 106 valence electrons. The number of carbonyl (C=O) groups excluding carboxylic acids is 1. The molecule has 5 nitrogen and oxygen atoms in total. The van der Waals surface area contributed by atoms with Crippen molar-refractivity contribution in [1.29, 1.82) is 0 Å². The average Bonchev–Trinajstić information content (AvgIpc) is 2.34. The van der Waals surface area contributed by atoms with Crippen LogP contribution in [0.5, 0.6) is 0 Å². The minimum atomic E-state index is -3.50. The Bertz CT molecular complexity index is 521. The topological polar surface area (TPSA) is 75.3 Å². The lowest BCUT2D eigenvalue weighted by atomic mass is 10.2. The van der Waals surface area contributed by atoms with E-state index in [2.05, 4.69) is 10.0 Å². The maximum absolute atomic E-state index is 11.9. The van der Waals surface area contributed by atoms with Gasteiger partial charge in [-0.2, -0.15) is 0 Å². The Morgan fingerprint density at radius 2 is 1.79 bits per heavy atom. The number of amides is 1. The van der Waals surface area contributed by atoms with Gasteiger partial charge in [0, 0.05) is 18.2 Å². The molecule has 1 amide bonds. The van der Waals surface area contributed by atoms with E-state index in [0.29, 0.717) is 12.1 Å². The highest BCUT2D eigenvalue weighted by Crippen LogP contribution is 2.11. The van der Waals surface area contributed by atoms with E-state index < -0.39 is 10.0 Å². The van der Waals surface area contributed by atoms with E-state index in [1.54, 1.807) is 13.8 Å². The fraction of sp³-hybridized carbons (Fsp3) is 0.462. The lowest BCUT2D eigenvalue weighted by Crippen LogP contribution is -2.30. The van der Waals surface area contributed by atoms with Crippen molar-refractivity contribution in [3.05, 3.63) is 29.8 Å². The van der Waals surface area contributed by atoms with Crippen molar-refractivity contribution in [1.82, 2.24) is 10.0 Å². The summed E-state index contributed by atoms with van der Waals surface area (Å²) < 4.78 is 26.3. The van der Waals surface area contributed by atoms with Crippen molar-refractivity contribution in [2.45, 2.75) is 38.1 Å². The molecular weight excluding hydrogens is 264 g/mol. The van der Waals surface area contributed by atoms with Crippen molar-refractivity contribution in [3.63, 3.8) is 0 Å². The van der Waals surface area contributed by atoms with Gasteiger partial charge in [0.2, 0.25) is 10.0 Å². The van der Waals surface area contributed by atoms with Crippen molar-refractivity contribution in [3.8, 4) is 0 Å². The smallest absolute Gasteiger partial charge is 0.251 e. The van der Waals surface area contributed by atoms with Crippen molar-refractivity contribution >= 4 is 15.9 Å². The second-order valence-corrected chi connectivity index (χ2v) is 6.27. The minimum Gasteiger partial charge on any atom is -0.352 e. The van der Waals surface area contributed by atoms with Gasteiger partial charge in [-0.15, -0.1) is 0 Å². The molecule has 0 radical (unpaired) electrons. The molecule has 0 fully saturated rings. The van der Waals surface area contributed by atoms with E-state index in [1.807, 2.05) is 6.92 Å². The zero-order valence-corrected chi connectivity index (χ0v) is 12.3. The average molecular weight is 284 g/mol. The molecule has 0 spiro atoms. The first-order chi connectivity index (χ1) is 8.86. The fourth-order valence-corrected chi connectivity index (χ4v) is 2.76. The quantitative estimate of drug-likeness (QED) is 0.831. The summed E-state index contributed by atoms with van der Waals surface area (Å²) in [6.45, 7) is 6.08. The van der Waals surface area contributed by atoms with Crippen LogP contribution < -0.4 is 10.0 Å². The third-order valence-corrected chi connectivity index (χ3v) is 4.03. The normalized spacial score (nSPS) is 11.6. The number of benzene rings is 1. The van der Waals surface area contributed by atoms with Crippen molar-refractivity contribution in [2.24, 2.45) is 0 Å². The van der Waals surface area contributed by atoms with Gasteiger partial charge in [-0.1, -0.05) is 6.92 Å². The van der Waals surface area contributed by atoms with Crippen LogP contribution in [-0.4, -0.2) is 26.9 Å². The maximum atomic E-state index is 11.9. The SMILES string of the molecule is CCCNC(=O)c1ccc(S(=O)(=O)NC(C)C)cc1. The van der Waals surface area contributed by atoms with Gasteiger partial charge in [-0.3, -0.25) is 4.79 Å². The number of sulfonamides is 1. The molecule has 0 heterocycles. The predicted molar refractivity (Wildman–Crippen MR) is 74.5 cm³/mol. The van der Waals surface area contributed by atoms with Crippen molar-refractivity contribution < 1.29 is 13.2 Å². The Morgan fingerprint density at radius 3 is 2.26 bits per heavy atom. The third kappa shape index (κ3) is 4.65. The highest BCUT2D eigenvalue weighted by molar-refractivity contribution is 7.89. The molecule has 1 aromatic rings. The molecule has 0 aliphatic carbocycles. The van der Waals surface area contributed by atoms with Crippen molar-refractivity contribution in [2.75, 3.05) is 6.54 Å². The highest BCUT2D eigenvalue weighted by atomic mass is 32.2. The van der Waals surface area contributed by atoms with E-state index in [1.165, 1.54) is 24.3 Å². The number of nitrogens with one attached hydrogen (secondary N) is 2. The van der Waals surface area contributed by atoms with Gasteiger partial charge in [0.05, 0.1) is 4.90 Å². The van der Waals surface area contributed by atoms with Crippen LogP contribution in [0.1, 0.15) is 37.6 Å². The summed E-state index contributed by atoms with van der Waals surface area (Å²) in [6.07, 6.45) is 0.858. The monoisotopic (exact) mass is 284 g/mol. The lowest BCUT2D eigenvalue weighted by molar-refractivity contribution is 0.0953. The van der Waals surface area contributed by atoms with E-state index in [4.69, 9.17) is 0 Å².